The van der Waals surface area contributed by atoms with Crippen LogP contribution < -0.4 is 4.90 Å². The molecule has 2 aliphatic heterocycles. The number of rotatable bonds is 4. The van der Waals surface area contributed by atoms with Crippen LogP contribution in [0.25, 0.3) is 0 Å². The zero-order valence-electron chi connectivity index (χ0n) is 15.9. The highest BCUT2D eigenvalue weighted by Gasteiger charge is 2.32. The van der Waals surface area contributed by atoms with Gasteiger partial charge in [0.2, 0.25) is 0 Å². The third kappa shape index (κ3) is 3.92. The van der Waals surface area contributed by atoms with Crippen molar-refractivity contribution in [2.24, 2.45) is 0 Å². The lowest BCUT2D eigenvalue weighted by molar-refractivity contribution is 0.0919. The number of aryl methyl sites for hydroxylation is 1. The second-order valence-corrected chi connectivity index (χ2v) is 7.43. The van der Waals surface area contributed by atoms with Gasteiger partial charge in [-0.1, -0.05) is 36.4 Å². The van der Waals surface area contributed by atoms with Crippen LogP contribution in [-0.2, 0) is 11.3 Å². The normalized spacial score (nSPS) is 19.5. The SMILES string of the molecule is Cc1nc(N2CCCC2)ccc1[C@@H]1CCCN1C(=O)OCc1ccccc1. The minimum atomic E-state index is -0.232. The van der Waals surface area contributed by atoms with E-state index < -0.39 is 0 Å². The van der Waals surface area contributed by atoms with Crippen molar-refractivity contribution in [1.29, 1.82) is 0 Å². The third-order valence-corrected chi connectivity index (χ3v) is 5.59. The first-order valence-electron chi connectivity index (χ1n) is 9.92. The molecular weight excluding hydrogens is 338 g/mol. The van der Waals surface area contributed by atoms with Crippen LogP contribution >= 0.6 is 0 Å². The van der Waals surface area contributed by atoms with Crippen molar-refractivity contribution in [2.75, 3.05) is 24.5 Å². The van der Waals surface area contributed by atoms with Crippen molar-refractivity contribution < 1.29 is 9.53 Å². The van der Waals surface area contributed by atoms with Gasteiger partial charge < -0.3 is 14.5 Å². The first kappa shape index (κ1) is 17.8. The van der Waals surface area contributed by atoms with Crippen LogP contribution in [0.15, 0.2) is 42.5 Å². The highest BCUT2D eigenvalue weighted by atomic mass is 16.6. The van der Waals surface area contributed by atoms with Crippen molar-refractivity contribution in [3.05, 3.63) is 59.3 Å². The zero-order chi connectivity index (χ0) is 18.6. The Balaban J connectivity index is 1.45. The monoisotopic (exact) mass is 365 g/mol. The van der Waals surface area contributed by atoms with Gasteiger partial charge in [-0.2, -0.15) is 0 Å². The number of benzene rings is 1. The van der Waals surface area contributed by atoms with Crippen molar-refractivity contribution in [3.8, 4) is 0 Å². The van der Waals surface area contributed by atoms with Crippen molar-refractivity contribution in [2.45, 2.75) is 45.3 Å². The molecule has 3 heterocycles. The van der Waals surface area contributed by atoms with Gasteiger partial charge in [0, 0.05) is 25.3 Å². The number of carbonyl (C=O) groups excluding carboxylic acids is 1. The average molecular weight is 365 g/mol. The Morgan fingerprint density at radius 3 is 2.59 bits per heavy atom. The van der Waals surface area contributed by atoms with E-state index in [0.29, 0.717) is 6.61 Å². The van der Waals surface area contributed by atoms with E-state index >= 15 is 0 Å². The quantitative estimate of drug-likeness (QED) is 0.802. The summed E-state index contributed by atoms with van der Waals surface area (Å²) in [4.78, 5) is 21.7. The lowest BCUT2D eigenvalue weighted by atomic mass is 10.0. The number of nitrogens with zero attached hydrogens (tertiary/aromatic N) is 3. The second kappa shape index (κ2) is 7.99. The van der Waals surface area contributed by atoms with Gasteiger partial charge in [0.05, 0.1) is 6.04 Å². The summed E-state index contributed by atoms with van der Waals surface area (Å²) in [5, 5.41) is 0. The Morgan fingerprint density at radius 2 is 1.85 bits per heavy atom. The highest BCUT2D eigenvalue weighted by Crippen LogP contribution is 2.35. The lowest BCUT2D eigenvalue weighted by Gasteiger charge is -2.26. The number of amides is 1. The standard InChI is InChI=1S/C22H27N3O2/c1-17-19(11-12-21(23-17)24-13-5-6-14-24)20-10-7-15-25(20)22(26)27-16-18-8-3-2-4-9-18/h2-4,8-9,11-12,20H,5-7,10,13-16H2,1H3/t20-/m0/s1. The minimum Gasteiger partial charge on any atom is -0.445 e. The van der Waals surface area contributed by atoms with Crippen LogP contribution in [0.1, 0.15) is 48.5 Å². The summed E-state index contributed by atoms with van der Waals surface area (Å²) >= 11 is 0. The molecule has 4 rings (SSSR count). The predicted molar refractivity (Wildman–Crippen MR) is 106 cm³/mol. The predicted octanol–water partition coefficient (Wildman–Crippen LogP) is 4.46. The average Bonchev–Trinajstić information content (AvgIpc) is 3.39. The van der Waals surface area contributed by atoms with E-state index in [-0.39, 0.29) is 12.1 Å². The molecular formula is C22H27N3O2. The molecule has 0 radical (unpaired) electrons. The summed E-state index contributed by atoms with van der Waals surface area (Å²) in [6.07, 6.45) is 4.22. The minimum absolute atomic E-state index is 0.0633. The summed E-state index contributed by atoms with van der Waals surface area (Å²) < 4.78 is 5.57. The Labute approximate surface area is 161 Å². The molecule has 1 aromatic carbocycles. The Hall–Kier alpha value is -2.56. The first-order valence-corrected chi connectivity index (χ1v) is 9.92. The Morgan fingerprint density at radius 1 is 1.07 bits per heavy atom. The molecule has 1 aromatic heterocycles. The summed E-state index contributed by atoms with van der Waals surface area (Å²) in [5.41, 5.74) is 3.17. The van der Waals surface area contributed by atoms with E-state index in [1.807, 2.05) is 35.2 Å². The summed E-state index contributed by atoms with van der Waals surface area (Å²) in [7, 11) is 0. The van der Waals surface area contributed by atoms with E-state index in [1.54, 1.807) is 0 Å². The smallest absolute Gasteiger partial charge is 0.410 e. The third-order valence-electron chi connectivity index (χ3n) is 5.59. The zero-order valence-corrected chi connectivity index (χ0v) is 15.9. The molecule has 0 unspecified atom stereocenters. The molecule has 27 heavy (non-hydrogen) atoms. The number of ether oxygens (including phenoxy) is 1. The Kier molecular flexibility index (Phi) is 5.28. The molecule has 5 heteroatoms. The molecule has 1 amide bonds. The molecule has 2 saturated heterocycles. The molecule has 0 bridgehead atoms. The molecule has 0 spiro atoms. The van der Waals surface area contributed by atoms with Crippen LogP contribution in [0.4, 0.5) is 10.6 Å². The number of anilines is 1. The fourth-order valence-electron chi connectivity index (χ4n) is 4.14. The van der Waals surface area contributed by atoms with E-state index in [0.717, 1.165) is 55.1 Å². The molecule has 0 aliphatic carbocycles. The van der Waals surface area contributed by atoms with Gasteiger partial charge in [0.15, 0.2) is 0 Å². The molecule has 0 saturated carbocycles. The van der Waals surface area contributed by atoms with E-state index in [1.165, 1.54) is 12.8 Å². The van der Waals surface area contributed by atoms with Crippen molar-refractivity contribution in [3.63, 3.8) is 0 Å². The summed E-state index contributed by atoms with van der Waals surface area (Å²) in [6, 6.07) is 14.2. The number of likely N-dealkylation sites (tertiary alicyclic amines) is 1. The fraction of sp³-hybridized carbons (Fsp3) is 0.455. The van der Waals surface area contributed by atoms with Gasteiger partial charge in [0.1, 0.15) is 12.4 Å². The second-order valence-electron chi connectivity index (χ2n) is 7.43. The van der Waals surface area contributed by atoms with Crippen LogP contribution in [0, 0.1) is 6.92 Å². The maximum Gasteiger partial charge on any atom is 0.410 e. The number of hydrogen-bond donors (Lipinski definition) is 0. The molecule has 2 fully saturated rings. The topological polar surface area (TPSA) is 45.7 Å². The molecule has 5 nitrogen and oxygen atoms in total. The maximum absolute atomic E-state index is 12.7. The van der Waals surface area contributed by atoms with Gasteiger partial charge in [0.25, 0.3) is 0 Å². The van der Waals surface area contributed by atoms with E-state index in [2.05, 4.69) is 24.0 Å². The van der Waals surface area contributed by atoms with Gasteiger partial charge in [-0.05, 0) is 49.8 Å². The first-order chi connectivity index (χ1) is 13.2. The number of carbonyl (C=O) groups is 1. The summed E-state index contributed by atoms with van der Waals surface area (Å²) in [6.45, 7) is 5.29. The number of hydrogen-bond acceptors (Lipinski definition) is 4. The van der Waals surface area contributed by atoms with Gasteiger partial charge >= 0.3 is 6.09 Å². The van der Waals surface area contributed by atoms with Crippen molar-refractivity contribution >= 4 is 11.9 Å². The Bertz CT molecular complexity index is 787. The van der Waals surface area contributed by atoms with Gasteiger partial charge in [-0.25, -0.2) is 9.78 Å². The van der Waals surface area contributed by atoms with Gasteiger partial charge in [-0.15, -0.1) is 0 Å². The molecule has 142 valence electrons. The van der Waals surface area contributed by atoms with E-state index in [9.17, 15) is 4.79 Å². The van der Waals surface area contributed by atoms with Crippen LogP contribution in [0.2, 0.25) is 0 Å². The fourth-order valence-corrected chi connectivity index (χ4v) is 4.14. The van der Waals surface area contributed by atoms with E-state index in [4.69, 9.17) is 9.72 Å². The highest BCUT2D eigenvalue weighted by molar-refractivity contribution is 5.69. The molecule has 2 aromatic rings. The number of aromatic nitrogens is 1. The van der Waals surface area contributed by atoms with Gasteiger partial charge in [-0.3, -0.25) is 0 Å². The van der Waals surface area contributed by atoms with Crippen LogP contribution in [-0.4, -0.2) is 35.6 Å². The molecule has 0 N–H and O–H groups in total. The van der Waals surface area contributed by atoms with Crippen LogP contribution in [0.5, 0.6) is 0 Å². The van der Waals surface area contributed by atoms with Crippen LogP contribution in [0.3, 0.4) is 0 Å². The maximum atomic E-state index is 12.7. The number of pyridine rings is 1. The molecule has 1 atom stereocenters. The van der Waals surface area contributed by atoms with Crippen molar-refractivity contribution in [1.82, 2.24) is 9.88 Å². The molecule has 2 aliphatic rings. The largest absolute Gasteiger partial charge is 0.445 e. The summed E-state index contributed by atoms with van der Waals surface area (Å²) in [5.74, 6) is 1.06. The lowest BCUT2D eigenvalue weighted by Crippen LogP contribution is -2.31.